The molecule has 4 aromatic rings. The number of carbonyl (C=O) groups excluding carboxylic acids is 1. The third kappa shape index (κ3) is 3.81. The molecule has 1 heterocycles. The van der Waals surface area contributed by atoms with E-state index in [1.807, 2.05) is 60.7 Å². The van der Waals surface area contributed by atoms with E-state index in [2.05, 4.69) is 15.5 Å². The minimum absolute atomic E-state index is 0.0232. The van der Waals surface area contributed by atoms with Crippen molar-refractivity contribution in [1.29, 1.82) is 0 Å². The Balaban J connectivity index is 1.92. The van der Waals surface area contributed by atoms with Gasteiger partial charge in [-0.15, -0.1) is 0 Å². The van der Waals surface area contributed by atoms with Gasteiger partial charge in [0.15, 0.2) is 0 Å². The highest BCUT2D eigenvalue weighted by Gasteiger charge is 2.23. The maximum absolute atomic E-state index is 13.1. The number of H-pyrrole nitrogens is 1. The van der Waals surface area contributed by atoms with Gasteiger partial charge >= 0.3 is 0 Å². The molecule has 0 spiro atoms. The molecule has 0 saturated heterocycles. The largest absolute Gasteiger partial charge is 0.320 e. The molecule has 0 unspecified atom stereocenters. The Bertz CT molecular complexity index is 1220. The second-order valence-corrected chi connectivity index (χ2v) is 6.72. The maximum atomic E-state index is 13.1. The van der Waals surface area contributed by atoms with E-state index in [0.29, 0.717) is 27.5 Å². The summed E-state index contributed by atoms with van der Waals surface area (Å²) in [5.41, 5.74) is 2.31. The van der Waals surface area contributed by atoms with Crippen molar-refractivity contribution < 1.29 is 4.79 Å². The smallest absolute Gasteiger partial charge is 0.277 e. The first-order valence-electron chi connectivity index (χ1n) is 8.94. The van der Waals surface area contributed by atoms with Crippen molar-refractivity contribution in [2.24, 2.45) is 0 Å². The summed E-state index contributed by atoms with van der Waals surface area (Å²) in [6, 6.07) is 25.5. The molecule has 29 heavy (non-hydrogen) atoms. The molecule has 0 aliphatic carbocycles. The van der Waals surface area contributed by atoms with Crippen LogP contribution in [0.3, 0.4) is 0 Å². The molecule has 1 aromatic heterocycles. The first kappa shape index (κ1) is 18.7. The molecule has 1 amide bonds. The van der Waals surface area contributed by atoms with Crippen LogP contribution in [0.1, 0.15) is 10.4 Å². The summed E-state index contributed by atoms with van der Waals surface area (Å²) < 4.78 is 0. The lowest BCUT2D eigenvalue weighted by molar-refractivity contribution is 0.102. The van der Waals surface area contributed by atoms with Crippen LogP contribution in [0.15, 0.2) is 89.7 Å². The Morgan fingerprint density at radius 1 is 0.828 bits per heavy atom. The number of anilines is 1. The third-order valence-corrected chi connectivity index (χ3v) is 4.77. The summed E-state index contributed by atoms with van der Waals surface area (Å²) in [7, 11) is 0. The van der Waals surface area contributed by atoms with Gasteiger partial charge in [-0.05, 0) is 17.7 Å². The second kappa shape index (κ2) is 8.12. The standard InChI is InChI=1S/C23H16ClN3O2/c24-17-13-7-8-14-18(17)25-22(28)20-19(15-9-3-1-4-10-15)21(26-27-23(20)29)16-11-5-2-6-12-16/h1-14H,(H,25,28)(H,27,29). The van der Waals surface area contributed by atoms with Crippen molar-refractivity contribution in [2.45, 2.75) is 0 Å². The number of rotatable bonds is 4. The number of halogens is 1. The topological polar surface area (TPSA) is 74.8 Å². The average molecular weight is 402 g/mol. The van der Waals surface area contributed by atoms with E-state index in [1.54, 1.807) is 24.3 Å². The van der Waals surface area contributed by atoms with Gasteiger partial charge in [0.1, 0.15) is 5.56 Å². The zero-order valence-electron chi connectivity index (χ0n) is 15.2. The van der Waals surface area contributed by atoms with Crippen molar-refractivity contribution in [3.63, 3.8) is 0 Å². The van der Waals surface area contributed by atoms with E-state index in [1.165, 1.54) is 0 Å². The Kier molecular flexibility index (Phi) is 5.22. The van der Waals surface area contributed by atoms with Crippen LogP contribution < -0.4 is 10.9 Å². The fourth-order valence-electron chi connectivity index (χ4n) is 3.11. The van der Waals surface area contributed by atoms with Gasteiger partial charge in [0.25, 0.3) is 11.5 Å². The van der Waals surface area contributed by atoms with Gasteiger partial charge in [-0.1, -0.05) is 84.4 Å². The zero-order chi connectivity index (χ0) is 20.2. The highest BCUT2D eigenvalue weighted by atomic mass is 35.5. The van der Waals surface area contributed by atoms with Crippen LogP contribution >= 0.6 is 11.6 Å². The molecule has 6 heteroatoms. The Morgan fingerprint density at radius 2 is 1.41 bits per heavy atom. The highest BCUT2D eigenvalue weighted by Crippen LogP contribution is 2.32. The van der Waals surface area contributed by atoms with Crippen LogP contribution in [-0.2, 0) is 0 Å². The first-order valence-corrected chi connectivity index (χ1v) is 9.32. The molecule has 3 aromatic carbocycles. The molecule has 142 valence electrons. The molecule has 2 N–H and O–H groups in total. The molecular formula is C23H16ClN3O2. The van der Waals surface area contributed by atoms with E-state index in [4.69, 9.17) is 11.6 Å². The van der Waals surface area contributed by atoms with E-state index in [9.17, 15) is 9.59 Å². The Hall–Kier alpha value is -3.70. The molecule has 0 bridgehead atoms. The SMILES string of the molecule is O=C(Nc1ccccc1Cl)c1c(-c2ccccc2)c(-c2ccccc2)n[nH]c1=O. The van der Waals surface area contributed by atoms with Crippen LogP contribution in [0.25, 0.3) is 22.4 Å². The molecule has 0 saturated carbocycles. The lowest BCUT2D eigenvalue weighted by Gasteiger charge is -2.14. The molecule has 0 aliphatic heterocycles. The first-order chi connectivity index (χ1) is 14.1. The average Bonchev–Trinajstić information content (AvgIpc) is 2.76. The van der Waals surface area contributed by atoms with Gasteiger partial charge in [-0.25, -0.2) is 5.10 Å². The number of amides is 1. The van der Waals surface area contributed by atoms with E-state index < -0.39 is 11.5 Å². The monoisotopic (exact) mass is 401 g/mol. The second-order valence-electron chi connectivity index (χ2n) is 6.32. The molecule has 0 fully saturated rings. The number of nitrogens with one attached hydrogen (secondary N) is 2. The number of aromatic nitrogens is 2. The van der Waals surface area contributed by atoms with Gasteiger partial charge in [0.05, 0.1) is 16.4 Å². The third-order valence-electron chi connectivity index (χ3n) is 4.44. The zero-order valence-corrected chi connectivity index (χ0v) is 16.0. The molecular weight excluding hydrogens is 386 g/mol. The minimum Gasteiger partial charge on any atom is -0.320 e. The fourth-order valence-corrected chi connectivity index (χ4v) is 3.29. The van der Waals surface area contributed by atoms with Gasteiger partial charge in [0.2, 0.25) is 0 Å². The summed E-state index contributed by atoms with van der Waals surface area (Å²) >= 11 is 6.17. The number of benzene rings is 3. The van der Waals surface area contributed by atoms with Crippen LogP contribution in [0.2, 0.25) is 5.02 Å². The van der Waals surface area contributed by atoms with Gasteiger partial charge in [-0.3, -0.25) is 9.59 Å². The lowest BCUT2D eigenvalue weighted by Crippen LogP contribution is -2.26. The normalized spacial score (nSPS) is 10.5. The van der Waals surface area contributed by atoms with Gasteiger partial charge in [0, 0.05) is 11.1 Å². The van der Waals surface area contributed by atoms with Crippen molar-refractivity contribution >= 4 is 23.2 Å². The summed E-state index contributed by atoms with van der Waals surface area (Å²) in [6.07, 6.45) is 0. The number of aromatic amines is 1. The predicted octanol–water partition coefficient (Wildman–Crippen LogP) is 5.01. The number of para-hydroxylation sites is 1. The lowest BCUT2D eigenvalue weighted by atomic mass is 9.95. The Labute approximate surface area is 172 Å². The summed E-state index contributed by atoms with van der Waals surface area (Å²) in [6.45, 7) is 0. The predicted molar refractivity (Wildman–Crippen MR) is 115 cm³/mol. The van der Waals surface area contributed by atoms with Crippen molar-refractivity contribution in [3.8, 4) is 22.4 Å². The molecule has 4 rings (SSSR count). The number of hydrogen-bond acceptors (Lipinski definition) is 3. The van der Waals surface area contributed by atoms with Gasteiger partial charge in [-0.2, -0.15) is 5.10 Å². The van der Waals surface area contributed by atoms with E-state index in [0.717, 1.165) is 5.56 Å². The highest BCUT2D eigenvalue weighted by molar-refractivity contribution is 6.34. The number of nitrogens with zero attached hydrogens (tertiary/aromatic N) is 1. The van der Waals surface area contributed by atoms with Crippen molar-refractivity contribution in [3.05, 3.63) is 106 Å². The van der Waals surface area contributed by atoms with Crippen LogP contribution in [-0.4, -0.2) is 16.1 Å². The molecule has 5 nitrogen and oxygen atoms in total. The fraction of sp³-hybridized carbons (Fsp3) is 0. The summed E-state index contributed by atoms with van der Waals surface area (Å²) in [5, 5.41) is 9.83. The molecule has 0 aliphatic rings. The molecule has 0 radical (unpaired) electrons. The van der Waals surface area contributed by atoms with Crippen LogP contribution in [0.5, 0.6) is 0 Å². The van der Waals surface area contributed by atoms with Crippen LogP contribution in [0, 0.1) is 0 Å². The van der Waals surface area contributed by atoms with E-state index in [-0.39, 0.29) is 5.56 Å². The van der Waals surface area contributed by atoms with Crippen molar-refractivity contribution in [1.82, 2.24) is 10.2 Å². The number of hydrogen-bond donors (Lipinski definition) is 2. The van der Waals surface area contributed by atoms with Crippen LogP contribution in [0.4, 0.5) is 5.69 Å². The van der Waals surface area contributed by atoms with Gasteiger partial charge < -0.3 is 5.32 Å². The van der Waals surface area contributed by atoms with E-state index >= 15 is 0 Å². The molecule has 0 atom stereocenters. The quantitative estimate of drug-likeness (QED) is 0.504. The maximum Gasteiger partial charge on any atom is 0.277 e. The Morgan fingerprint density at radius 3 is 2.07 bits per heavy atom. The minimum atomic E-state index is -0.576. The summed E-state index contributed by atoms with van der Waals surface area (Å²) in [4.78, 5) is 25.8. The number of carbonyl (C=O) groups is 1. The summed E-state index contributed by atoms with van der Waals surface area (Å²) in [5.74, 6) is -0.558. The van der Waals surface area contributed by atoms with Crippen molar-refractivity contribution in [2.75, 3.05) is 5.32 Å².